The number of amides is 1. The highest BCUT2D eigenvalue weighted by molar-refractivity contribution is 6.03. The predicted octanol–water partition coefficient (Wildman–Crippen LogP) is 3.52. The van der Waals surface area contributed by atoms with Gasteiger partial charge < -0.3 is 11.1 Å². The molecule has 1 heterocycles. The van der Waals surface area contributed by atoms with Gasteiger partial charge in [-0.3, -0.25) is 4.79 Å². The van der Waals surface area contributed by atoms with Crippen LogP contribution in [0.4, 0.5) is 11.5 Å². The largest absolute Gasteiger partial charge is 0.397 e. The number of aromatic nitrogens is 1. The lowest BCUT2D eigenvalue weighted by Crippen LogP contribution is -2.15. The molecule has 4 heteroatoms. The van der Waals surface area contributed by atoms with Crippen molar-refractivity contribution in [3.05, 3.63) is 53.2 Å². The minimum absolute atomic E-state index is 0.0740. The summed E-state index contributed by atoms with van der Waals surface area (Å²) in [6.45, 7) is 8.23. The number of hydrogen-bond donors (Lipinski definition) is 2. The molecule has 4 nitrogen and oxygen atoms in total. The molecule has 0 fully saturated rings. The summed E-state index contributed by atoms with van der Waals surface area (Å²) in [5, 5.41) is 2.78. The molecule has 0 atom stereocenters. The van der Waals surface area contributed by atoms with Crippen LogP contribution >= 0.6 is 0 Å². The van der Waals surface area contributed by atoms with Gasteiger partial charge in [-0.25, -0.2) is 4.98 Å². The third kappa shape index (κ3) is 3.60. The van der Waals surface area contributed by atoms with Gasteiger partial charge in [-0.05, 0) is 42.2 Å². The number of anilines is 2. The molecule has 1 aromatic carbocycles. The molecule has 0 bridgehead atoms. The smallest absolute Gasteiger partial charge is 0.256 e. The first-order chi connectivity index (χ1) is 9.77. The van der Waals surface area contributed by atoms with Gasteiger partial charge in [0.2, 0.25) is 0 Å². The Bertz CT molecular complexity index is 655. The van der Waals surface area contributed by atoms with Crippen LogP contribution in [0.15, 0.2) is 36.4 Å². The monoisotopic (exact) mass is 283 g/mol. The number of benzene rings is 1. The molecular weight excluding hydrogens is 262 g/mol. The van der Waals surface area contributed by atoms with Gasteiger partial charge in [-0.15, -0.1) is 0 Å². The van der Waals surface area contributed by atoms with Gasteiger partial charge in [0.25, 0.3) is 5.91 Å². The van der Waals surface area contributed by atoms with Crippen molar-refractivity contribution in [3.63, 3.8) is 0 Å². The number of aryl methyl sites for hydroxylation is 1. The maximum absolute atomic E-state index is 12.2. The molecule has 0 saturated carbocycles. The molecule has 0 aliphatic rings. The number of hydrogen-bond acceptors (Lipinski definition) is 3. The summed E-state index contributed by atoms with van der Waals surface area (Å²) in [7, 11) is 0. The van der Waals surface area contributed by atoms with Crippen molar-refractivity contribution in [1.29, 1.82) is 0 Å². The van der Waals surface area contributed by atoms with Gasteiger partial charge in [0.1, 0.15) is 5.82 Å². The van der Waals surface area contributed by atoms with Crippen LogP contribution in [0.3, 0.4) is 0 Å². The topological polar surface area (TPSA) is 68.0 Å². The third-order valence-electron chi connectivity index (χ3n) is 3.38. The quantitative estimate of drug-likeness (QED) is 0.886. The zero-order valence-corrected chi connectivity index (χ0v) is 12.9. The maximum Gasteiger partial charge on any atom is 0.256 e. The van der Waals surface area contributed by atoms with E-state index >= 15 is 0 Å². The van der Waals surface area contributed by atoms with E-state index in [2.05, 4.69) is 31.1 Å². The zero-order chi connectivity index (χ0) is 15.6. The Morgan fingerprint density at radius 1 is 1.10 bits per heavy atom. The van der Waals surface area contributed by atoms with Crippen molar-refractivity contribution in [2.75, 3.05) is 11.1 Å². The Kier molecular flexibility index (Phi) is 3.98. The summed E-state index contributed by atoms with van der Waals surface area (Å²) in [6.07, 6.45) is 0. The first-order valence-electron chi connectivity index (χ1n) is 6.92. The molecule has 0 aliphatic heterocycles. The summed E-state index contributed by atoms with van der Waals surface area (Å²) in [5.74, 6) is 0.332. The average Bonchev–Trinajstić information content (AvgIpc) is 2.42. The van der Waals surface area contributed by atoms with Crippen LogP contribution in [0.25, 0.3) is 0 Å². The van der Waals surface area contributed by atoms with E-state index in [1.54, 1.807) is 12.1 Å². The Morgan fingerprint density at radius 3 is 2.24 bits per heavy atom. The Morgan fingerprint density at radius 2 is 1.71 bits per heavy atom. The minimum atomic E-state index is -0.174. The average molecular weight is 283 g/mol. The molecule has 0 unspecified atom stereocenters. The molecule has 0 aliphatic carbocycles. The minimum Gasteiger partial charge on any atom is -0.397 e. The summed E-state index contributed by atoms with van der Waals surface area (Å²) >= 11 is 0. The molecule has 2 rings (SSSR count). The standard InChI is InChI=1S/C17H21N3O/c1-11-14(18)9-10-15(19-11)20-16(21)12-5-7-13(8-6-12)17(2,3)4/h5-10H,18H2,1-4H3,(H,19,20,21). The van der Waals surface area contributed by atoms with Crippen molar-refractivity contribution < 1.29 is 4.79 Å². The highest BCUT2D eigenvalue weighted by Crippen LogP contribution is 2.22. The van der Waals surface area contributed by atoms with E-state index in [0.29, 0.717) is 22.8 Å². The Hall–Kier alpha value is -2.36. The summed E-state index contributed by atoms with van der Waals surface area (Å²) in [4.78, 5) is 16.4. The highest BCUT2D eigenvalue weighted by atomic mass is 16.1. The molecule has 0 spiro atoms. The van der Waals surface area contributed by atoms with Crippen LogP contribution in [-0.4, -0.2) is 10.9 Å². The molecule has 1 aromatic heterocycles. The summed E-state index contributed by atoms with van der Waals surface area (Å²) < 4.78 is 0. The van der Waals surface area contributed by atoms with Gasteiger partial charge in [-0.1, -0.05) is 32.9 Å². The Balaban J connectivity index is 2.15. The lowest BCUT2D eigenvalue weighted by atomic mass is 9.87. The maximum atomic E-state index is 12.2. The first kappa shape index (κ1) is 15.0. The summed E-state index contributed by atoms with van der Waals surface area (Å²) in [6, 6.07) is 11.1. The van der Waals surface area contributed by atoms with Gasteiger partial charge in [0.15, 0.2) is 0 Å². The number of carbonyl (C=O) groups is 1. The lowest BCUT2D eigenvalue weighted by molar-refractivity contribution is 0.102. The lowest BCUT2D eigenvalue weighted by Gasteiger charge is -2.19. The van der Waals surface area contributed by atoms with E-state index in [1.165, 1.54) is 5.56 Å². The third-order valence-corrected chi connectivity index (χ3v) is 3.38. The van der Waals surface area contributed by atoms with Crippen molar-refractivity contribution in [3.8, 4) is 0 Å². The number of rotatable bonds is 2. The van der Waals surface area contributed by atoms with Crippen molar-refractivity contribution in [2.24, 2.45) is 0 Å². The number of pyridine rings is 1. The van der Waals surface area contributed by atoms with E-state index in [4.69, 9.17) is 5.73 Å². The normalized spacial score (nSPS) is 11.2. The fourth-order valence-electron chi connectivity index (χ4n) is 1.95. The summed E-state index contributed by atoms with van der Waals surface area (Å²) in [5.41, 5.74) is 8.91. The van der Waals surface area contributed by atoms with Crippen LogP contribution in [0.5, 0.6) is 0 Å². The fourth-order valence-corrected chi connectivity index (χ4v) is 1.95. The molecule has 0 saturated heterocycles. The van der Waals surface area contributed by atoms with E-state index in [-0.39, 0.29) is 11.3 Å². The van der Waals surface area contributed by atoms with Crippen LogP contribution in [0.2, 0.25) is 0 Å². The van der Waals surface area contributed by atoms with Crippen LogP contribution in [-0.2, 0) is 5.41 Å². The molecule has 110 valence electrons. The van der Waals surface area contributed by atoms with Gasteiger partial charge in [0.05, 0.1) is 11.4 Å². The molecule has 21 heavy (non-hydrogen) atoms. The number of nitrogen functional groups attached to an aromatic ring is 1. The first-order valence-corrected chi connectivity index (χ1v) is 6.92. The highest BCUT2D eigenvalue weighted by Gasteiger charge is 2.14. The van der Waals surface area contributed by atoms with E-state index < -0.39 is 0 Å². The van der Waals surface area contributed by atoms with Crippen molar-refractivity contribution in [2.45, 2.75) is 33.1 Å². The zero-order valence-electron chi connectivity index (χ0n) is 12.9. The molecular formula is C17H21N3O. The fraction of sp³-hybridized carbons (Fsp3) is 0.294. The number of nitrogens with one attached hydrogen (secondary N) is 1. The van der Waals surface area contributed by atoms with E-state index in [0.717, 1.165) is 0 Å². The van der Waals surface area contributed by atoms with Gasteiger partial charge >= 0.3 is 0 Å². The van der Waals surface area contributed by atoms with Gasteiger partial charge in [0, 0.05) is 5.56 Å². The van der Waals surface area contributed by atoms with E-state index in [9.17, 15) is 4.79 Å². The van der Waals surface area contributed by atoms with Crippen LogP contribution in [0, 0.1) is 6.92 Å². The molecule has 3 N–H and O–H groups in total. The number of nitrogens with zero attached hydrogens (tertiary/aromatic N) is 1. The van der Waals surface area contributed by atoms with Gasteiger partial charge in [-0.2, -0.15) is 0 Å². The van der Waals surface area contributed by atoms with Crippen molar-refractivity contribution in [1.82, 2.24) is 4.98 Å². The van der Waals surface area contributed by atoms with E-state index in [1.807, 2.05) is 31.2 Å². The molecule has 2 aromatic rings. The second-order valence-electron chi connectivity index (χ2n) is 6.15. The predicted molar refractivity (Wildman–Crippen MR) is 86.5 cm³/mol. The number of carbonyl (C=O) groups excluding carboxylic acids is 1. The van der Waals surface area contributed by atoms with Crippen LogP contribution in [0.1, 0.15) is 42.4 Å². The second kappa shape index (κ2) is 5.56. The second-order valence-corrected chi connectivity index (χ2v) is 6.15. The Labute approximate surface area is 125 Å². The van der Waals surface area contributed by atoms with Crippen LogP contribution < -0.4 is 11.1 Å². The number of nitrogens with two attached hydrogens (primary N) is 1. The molecule has 0 radical (unpaired) electrons. The van der Waals surface area contributed by atoms with Crippen molar-refractivity contribution >= 4 is 17.4 Å². The SMILES string of the molecule is Cc1nc(NC(=O)c2ccc(C(C)(C)C)cc2)ccc1N. The molecule has 1 amide bonds.